The van der Waals surface area contributed by atoms with Crippen molar-refractivity contribution in [1.29, 1.82) is 0 Å². The van der Waals surface area contributed by atoms with E-state index in [0.717, 1.165) is 11.2 Å². The number of hydrogen-bond acceptors (Lipinski definition) is 1. The standard InChI is InChI=1S/C18H16N3/c1-13-14(16-7-3-5-11-20(16)2)9-10-15-18(13)21-12-6-4-8-17(21)19-15/h3-12H,1-2H3/q+1. The molecule has 4 rings (SSSR count). The topological polar surface area (TPSA) is 21.2 Å². The van der Waals surface area contributed by atoms with Crippen molar-refractivity contribution in [2.24, 2.45) is 7.05 Å². The lowest BCUT2D eigenvalue weighted by atomic mass is 10.0. The summed E-state index contributed by atoms with van der Waals surface area (Å²) in [6.07, 6.45) is 4.15. The molecule has 0 saturated carbocycles. The quantitative estimate of drug-likeness (QED) is 0.488. The summed E-state index contributed by atoms with van der Waals surface area (Å²) in [5.74, 6) is 0. The zero-order chi connectivity index (χ0) is 14.4. The zero-order valence-electron chi connectivity index (χ0n) is 12.1. The van der Waals surface area contributed by atoms with Crippen molar-refractivity contribution in [3.8, 4) is 11.3 Å². The zero-order valence-corrected chi connectivity index (χ0v) is 12.1. The maximum atomic E-state index is 4.69. The fraction of sp³-hybridized carbons (Fsp3) is 0.111. The number of aromatic nitrogens is 3. The molecule has 102 valence electrons. The van der Waals surface area contributed by atoms with Crippen LogP contribution in [0.15, 0.2) is 60.9 Å². The summed E-state index contributed by atoms with van der Waals surface area (Å²) in [6, 6.07) is 16.7. The SMILES string of the molecule is Cc1c(-c2cccc[n+]2C)ccc2nc3ccccn3c12. The summed E-state index contributed by atoms with van der Waals surface area (Å²) in [6.45, 7) is 2.17. The molecule has 4 aromatic rings. The van der Waals surface area contributed by atoms with Crippen LogP contribution in [-0.2, 0) is 7.05 Å². The maximum Gasteiger partial charge on any atom is 0.212 e. The van der Waals surface area contributed by atoms with E-state index >= 15 is 0 Å². The van der Waals surface area contributed by atoms with E-state index in [-0.39, 0.29) is 0 Å². The fourth-order valence-corrected chi connectivity index (χ4v) is 3.00. The third kappa shape index (κ3) is 1.74. The van der Waals surface area contributed by atoms with Gasteiger partial charge in [-0.2, -0.15) is 0 Å². The van der Waals surface area contributed by atoms with Crippen LogP contribution in [0.2, 0.25) is 0 Å². The molecule has 0 spiro atoms. The second kappa shape index (κ2) is 4.42. The van der Waals surface area contributed by atoms with E-state index in [0.29, 0.717) is 0 Å². The molecule has 0 bridgehead atoms. The minimum absolute atomic E-state index is 0.991. The third-order valence-corrected chi connectivity index (χ3v) is 4.05. The number of aryl methyl sites for hydroxylation is 2. The van der Waals surface area contributed by atoms with Crippen molar-refractivity contribution in [3.63, 3.8) is 0 Å². The first-order chi connectivity index (χ1) is 10.3. The molecule has 0 unspecified atom stereocenters. The highest BCUT2D eigenvalue weighted by atomic mass is 15.0. The van der Waals surface area contributed by atoms with E-state index in [1.807, 2.05) is 24.3 Å². The van der Waals surface area contributed by atoms with Crippen LogP contribution >= 0.6 is 0 Å². The Morgan fingerprint density at radius 3 is 2.71 bits per heavy atom. The van der Waals surface area contributed by atoms with Crippen LogP contribution in [0.5, 0.6) is 0 Å². The Balaban J connectivity index is 2.11. The van der Waals surface area contributed by atoms with Crippen molar-refractivity contribution in [1.82, 2.24) is 9.38 Å². The maximum absolute atomic E-state index is 4.69. The lowest BCUT2D eigenvalue weighted by Crippen LogP contribution is -2.30. The van der Waals surface area contributed by atoms with Gasteiger partial charge in [-0.15, -0.1) is 0 Å². The molecule has 0 atom stereocenters. The average Bonchev–Trinajstić information content (AvgIpc) is 2.88. The molecular formula is C18H16N3+. The van der Waals surface area contributed by atoms with E-state index in [4.69, 9.17) is 0 Å². The van der Waals surface area contributed by atoms with Crippen molar-refractivity contribution in [2.45, 2.75) is 6.92 Å². The summed E-state index contributed by atoms with van der Waals surface area (Å²) in [7, 11) is 2.08. The number of fused-ring (bicyclic) bond motifs is 3. The van der Waals surface area contributed by atoms with E-state index in [1.165, 1.54) is 22.3 Å². The van der Waals surface area contributed by atoms with Gasteiger partial charge in [-0.25, -0.2) is 9.55 Å². The Labute approximate surface area is 123 Å². The fourth-order valence-electron chi connectivity index (χ4n) is 3.00. The van der Waals surface area contributed by atoms with E-state index in [1.54, 1.807) is 0 Å². The van der Waals surface area contributed by atoms with E-state index in [2.05, 4.69) is 64.6 Å². The number of hydrogen-bond donors (Lipinski definition) is 0. The average molecular weight is 274 g/mol. The number of rotatable bonds is 1. The van der Waals surface area contributed by atoms with Crippen molar-refractivity contribution in [3.05, 3.63) is 66.5 Å². The largest absolute Gasteiger partial charge is 0.299 e. The molecule has 0 aliphatic rings. The van der Waals surface area contributed by atoms with Crippen molar-refractivity contribution >= 4 is 16.7 Å². The van der Waals surface area contributed by atoms with Gasteiger partial charge in [-0.1, -0.05) is 6.07 Å². The molecule has 0 N–H and O–H groups in total. The highest BCUT2D eigenvalue weighted by molar-refractivity contribution is 5.88. The first kappa shape index (κ1) is 12.1. The van der Waals surface area contributed by atoms with Gasteiger partial charge in [-0.3, -0.25) is 4.40 Å². The minimum atomic E-state index is 0.991. The van der Waals surface area contributed by atoms with Crippen LogP contribution in [0.3, 0.4) is 0 Å². The van der Waals surface area contributed by atoms with Crippen molar-refractivity contribution in [2.75, 3.05) is 0 Å². The first-order valence-corrected chi connectivity index (χ1v) is 7.07. The lowest BCUT2D eigenvalue weighted by molar-refractivity contribution is -0.660. The van der Waals surface area contributed by atoms with Gasteiger partial charge < -0.3 is 0 Å². The summed E-state index contributed by atoms with van der Waals surface area (Å²) >= 11 is 0. The Hall–Kier alpha value is -2.68. The molecule has 3 heteroatoms. The minimum Gasteiger partial charge on any atom is -0.299 e. The summed E-state index contributed by atoms with van der Waals surface area (Å²) in [5, 5.41) is 0. The molecule has 0 radical (unpaired) electrons. The Morgan fingerprint density at radius 1 is 1.00 bits per heavy atom. The Morgan fingerprint density at radius 2 is 1.86 bits per heavy atom. The third-order valence-electron chi connectivity index (χ3n) is 4.05. The second-order valence-corrected chi connectivity index (χ2v) is 5.34. The smallest absolute Gasteiger partial charge is 0.212 e. The lowest BCUT2D eigenvalue weighted by Gasteiger charge is -2.06. The van der Waals surface area contributed by atoms with Gasteiger partial charge in [0.15, 0.2) is 6.20 Å². The molecule has 0 aliphatic carbocycles. The first-order valence-electron chi connectivity index (χ1n) is 7.07. The normalized spacial score (nSPS) is 11.3. The van der Waals surface area contributed by atoms with Crippen molar-refractivity contribution < 1.29 is 4.57 Å². The molecule has 0 saturated heterocycles. The molecule has 1 aromatic carbocycles. The molecule has 3 heterocycles. The van der Waals surface area contributed by atoms with E-state index in [9.17, 15) is 0 Å². The van der Waals surface area contributed by atoms with E-state index < -0.39 is 0 Å². The Kier molecular flexibility index (Phi) is 2.54. The summed E-state index contributed by atoms with van der Waals surface area (Å²) in [5.41, 5.74) is 6.94. The molecule has 0 fully saturated rings. The number of benzene rings is 1. The molecular weight excluding hydrogens is 258 g/mol. The highest BCUT2D eigenvalue weighted by Crippen LogP contribution is 2.28. The molecule has 3 aromatic heterocycles. The molecule has 0 amide bonds. The highest BCUT2D eigenvalue weighted by Gasteiger charge is 2.16. The van der Waals surface area contributed by atoms with Crippen LogP contribution in [-0.4, -0.2) is 9.38 Å². The van der Waals surface area contributed by atoms with Crippen LogP contribution in [0.25, 0.3) is 27.9 Å². The number of pyridine rings is 2. The number of imidazole rings is 1. The van der Waals surface area contributed by atoms with Gasteiger partial charge in [0.25, 0.3) is 0 Å². The van der Waals surface area contributed by atoms with Crippen LogP contribution < -0.4 is 4.57 Å². The predicted octanol–water partition coefficient (Wildman–Crippen LogP) is 3.29. The second-order valence-electron chi connectivity index (χ2n) is 5.34. The van der Waals surface area contributed by atoms with Crippen LogP contribution in [0.1, 0.15) is 5.56 Å². The molecule has 21 heavy (non-hydrogen) atoms. The van der Waals surface area contributed by atoms with Crippen LogP contribution in [0, 0.1) is 6.92 Å². The van der Waals surface area contributed by atoms with Gasteiger partial charge >= 0.3 is 0 Å². The van der Waals surface area contributed by atoms with Gasteiger partial charge in [0.05, 0.1) is 16.6 Å². The number of nitrogens with zero attached hydrogens (tertiary/aromatic N) is 3. The Bertz CT molecular complexity index is 967. The van der Waals surface area contributed by atoms with Gasteiger partial charge in [0.1, 0.15) is 12.7 Å². The predicted molar refractivity (Wildman–Crippen MR) is 84.0 cm³/mol. The molecule has 0 aliphatic heterocycles. The van der Waals surface area contributed by atoms with Gasteiger partial charge in [0.2, 0.25) is 5.69 Å². The molecule has 3 nitrogen and oxygen atoms in total. The monoisotopic (exact) mass is 274 g/mol. The summed E-state index contributed by atoms with van der Waals surface area (Å²) < 4.78 is 4.31. The van der Waals surface area contributed by atoms with Gasteiger partial charge in [-0.05, 0) is 42.8 Å². The van der Waals surface area contributed by atoms with Crippen LogP contribution in [0.4, 0.5) is 0 Å². The summed E-state index contributed by atoms with van der Waals surface area (Å²) in [4.78, 5) is 4.69. The van der Waals surface area contributed by atoms with Gasteiger partial charge in [0, 0.05) is 18.3 Å².